The number of rotatable bonds is 8. The molecule has 4 aromatic rings. The fourth-order valence-electron chi connectivity index (χ4n) is 3.43. The quantitative estimate of drug-likeness (QED) is 0.395. The molecule has 0 aliphatic heterocycles. The van der Waals surface area contributed by atoms with Crippen molar-refractivity contribution in [3.63, 3.8) is 0 Å². The molecule has 0 spiro atoms. The highest BCUT2D eigenvalue weighted by Gasteiger charge is 2.11. The van der Waals surface area contributed by atoms with Crippen molar-refractivity contribution in [2.24, 2.45) is 0 Å². The number of benzene rings is 3. The minimum absolute atomic E-state index is 0.0336. The summed E-state index contributed by atoms with van der Waals surface area (Å²) in [6.45, 7) is 1.29. The Kier molecular flexibility index (Phi) is 6.50. The first-order valence-electron chi connectivity index (χ1n) is 9.95. The lowest BCUT2D eigenvalue weighted by molar-refractivity contribution is -0.118. The first-order valence-corrected chi connectivity index (χ1v) is 10.9. The minimum atomic E-state index is -0.231. The van der Waals surface area contributed by atoms with Crippen molar-refractivity contribution in [1.29, 1.82) is 0 Å². The zero-order valence-corrected chi connectivity index (χ0v) is 17.4. The number of aromatic nitrogens is 1. The first-order chi connectivity index (χ1) is 14.7. The van der Waals surface area contributed by atoms with Gasteiger partial charge in [-0.2, -0.15) is 0 Å². The third-order valence-electron chi connectivity index (χ3n) is 4.96. The topological polar surface area (TPSA) is 34.0 Å². The molecule has 0 fully saturated rings. The lowest BCUT2D eigenvalue weighted by Crippen LogP contribution is -2.27. The monoisotopic (exact) mass is 418 g/mol. The van der Waals surface area contributed by atoms with E-state index >= 15 is 0 Å². The molecule has 1 N–H and O–H groups in total. The van der Waals surface area contributed by atoms with Crippen LogP contribution in [0.4, 0.5) is 4.39 Å². The number of hydrogen-bond acceptors (Lipinski definition) is 2. The summed E-state index contributed by atoms with van der Waals surface area (Å²) in [5, 5.41) is 4.13. The normalized spacial score (nSPS) is 11.0. The number of nitrogens with zero attached hydrogens (tertiary/aromatic N) is 1. The Labute approximate surface area is 179 Å². The second-order valence-corrected chi connectivity index (χ2v) is 8.16. The van der Waals surface area contributed by atoms with Gasteiger partial charge in [-0.1, -0.05) is 60.7 Å². The summed E-state index contributed by atoms with van der Waals surface area (Å²) in [6.07, 6.45) is 2.91. The van der Waals surface area contributed by atoms with E-state index in [1.165, 1.54) is 17.7 Å². The number of amides is 1. The van der Waals surface area contributed by atoms with Crippen LogP contribution >= 0.6 is 11.8 Å². The van der Waals surface area contributed by atoms with Crippen LogP contribution in [0.15, 0.2) is 90.0 Å². The zero-order chi connectivity index (χ0) is 20.8. The van der Waals surface area contributed by atoms with Gasteiger partial charge in [0.15, 0.2) is 0 Å². The van der Waals surface area contributed by atoms with Gasteiger partial charge in [-0.05, 0) is 35.7 Å². The lowest BCUT2D eigenvalue weighted by atomic mass is 10.1. The number of para-hydroxylation sites is 1. The third kappa shape index (κ3) is 5.10. The van der Waals surface area contributed by atoms with Crippen molar-refractivity contribution in [3.8, 4) is 0 Å². The van der Waals surface area contributed by atoms with E-state index in [4.69, 9.17) is 0 Å². The molecule has 0 aliphatic rings. The van der Waals surface area contributed by atoms with E-state index in [9.17, 15) is 9.18 Å². The Morgan fingerprint density at radius 2 is 1.63 bits per heavy atom. The Balaban J connectivity index is 1.39. The molecule has 30 heavy (non-hydrogen) atoms. The van der Waals surface area contributed by atoms with Crippen LogP contribution in [0.25, 0.3) is 10.9 Å². The molecule has 5 heteroatoms. The van der Waals surface area contributed by atoms with Crippen LogP contribution in [0, 0.1) is 5.82 Å². The number of carbonyl (C=O) groups is 1. The largest absolute Gasteiger partial charge is 0.355 e. The van der Waals surface area contributed by atoms with Crippen molar-refractivity contribution in [3.05, 3.63) is 102 Å². The van der Waals surface area contributed by atoms with Crippen LogP contribution in [0.1, 0.15) is 11.1 Å². The van der Waals surface area contributed by atoms with Crippen LogP contribution in [-0.4, -0.2) is 22.8 Å². The van der Waals surface area contributed by atoms with Crippen molar-refractivity contribution < 1.29 is 9.18 Å². The molecule has 0 bridgehead atoms. The molecule has 4 rings (SSSR count). The van der Waals surface area contributed by atoms with Gasteiger partial charge in [0.2, 0.25) is 5.91 Å². The van der Waals surface area contributed by atoms with Crippen molar-refractivity contribution in [2.75, 3.05) is 12.3 Å². The molecule has 1 amide bonds. The van der Waals surface area contributed by atoms with Gasteiger partial charge in [-0.15, -0.1) is 11.8 Å². The lowest BCUT2D eigenvalue weighted by Gasteiger charge is -2.05. The summed E-state index contributed by atoms with van der Waals surface area (Å²) >= 11 is 1.55. The average Bonchev–Trinajstić information content (AvgIpc) is 3.12. The van der Waals surface area contributed by atoms with Crippen molar-refractivity contribution in [1.82, 2.24) is 9.88 Å². The molecule has 152 valence electrons. The molecule has 0 atom stereocenters. The molecule has 1 aromatic heterocycles. The van der Waals surface area contributed by atoms with E-state index in [0.29, 0.717) is 18.8 Å². The van der Waals surface area contributed by atoms with E-state index in [2.05, 4.69) is 40.3 Å². The molecule has 0 radical (unpaired) electrons. The molecule has 3 nitrogen and oxygen atoms in total. The zero-order valence-electron chi connectivity index (χ0n) is 16.6. The predicted molar refractivity (Wildman–Crippen MR) is 121 cm³/mol. The second-order valence-electron chi connectivity index (χ2n) is 7.14. The maximum atomic E-state index is 13.2. The van der Waals surface area contributed by atoms with E-state index in [0.717, 1.165) is 27.8 Å². The molecular weight excluding hydrogens is 395 g/mol. The smallest absolute Gasteiger partial charge is 0.230 e. The molecule has 0 saturated carbocycles. The highest BCUT2D eigenvalue weighted by molar-refractivity contribution is 8.00. The molecule has 1 heterocycles. The standard InChI is InChI=1S/C25H23FN2OS/c26-21-12-10-20(11-13-21)16-28-17-24(22-8-4-5-9-23(22)28)30-18-25(29)27-15-14-19-6-2-1-3-7-19/h1-13,17H,14-16,18H2,(H,27,29). The minimum Gasteiger partial charge on any atom is -0.355 e. The van der Waals surface area contributed by atoms with Gasteiger partial charge in [0.05, 0.1) is 5.75 Å². The maximum absolute atomic E-state index is 13.2. The van der Waals surface area contributed by atoms with Crippen molar-refractivity contribution >= 4 is 28.6 Å². The van der Waals surface area contributed by atoms with Crippen molar-refractivity contribution in [2.45, 2.75) is 17.9 Å². The highest BCUT2D eigenvalue weighted by atomic mass is 32.2. The molecule has 0 saturated heterocycles. The Bertz CT molecular complexity index is 1120. The van der Waals surface area contributed by atoms with E-state index in [1.807, 2.05) is 30.3 Å². The molecule has 0 aliphatic carbocycles. The number of carbonyl (C=O) groups excluding carboxylic acids is 1. The van der Waals surface area contributed by atoms with Gasteiger partial charge in [-0.25, -0.2) is 4.39 Å². The summed E-state index contributed by atoms with van der Waals surface area (Å²) in [6, 6.07) is 24.9. The third-order valence-corrected chi connectivity index (χ3v) is 6.00. The molecule has 3 aromatic carbocycles. The number of thioether (sulfide) groups is 1. The SMILES string of the molecule is O=C(CSc1cn(Cc2ccc(F)cc2)c2ccccc12)NCCc1ccccc1. The van der Waals surface area contributed by atoms with E-state index < -0.39 is 0 Å². The molecular formula is C25H23FN2OS. The number of fused-ring (bicyclic) bond motifs is 1. The summed E-state index contributed by atoms with van der Waals surface area (Å²) in [7, 11) is 0. The Hall–Kier alpha value is -3.05. The van der Waals surface area contributed by atoms with Gasteiger partial charge in [0.1, 0.15) is 5.82 Å². The first kappa shape index (κ1) is 20.2. The van der Waals surface area contributed by atoms with Gasteiger partial charge in [0.25, 0.3) is 0 Å². The van der Waals surface area contributed by atoms with Gasteiger partial charge >= 0.3 is 0 Å². The van der Waals surface area contributed by atoms with Gasteiger partial charge < -0.3 is 9.88 Å². The highest BCUT2D eigenvalue weighted by Crippen LogP contribution is 2.30. The summed E-state index contributed by atoms with van der Waals surface area (Å²) < 4.78 is 15.3. The fraction of sp³-hybridized carbons (Fsp3) is 0.160. The predicted octanol–water partition coefficient (Wildman–Crippen LogP) is 5.28. The second kappa shape index (κ2) is 9.63. The number of halogens is 1. The Morgan fingerprint density at radius 1 is 0.900 bits per heavy atom. The van der Waals surface area contributed by atoms with Crippen LogP contribution in [0.2, 0.25) is 0 Å². The van der Waals surface area contributed by atoms with Crippen LogP contribution < -0.4 is 5.32 Å². The summed E-state index contributed by atoms with van der Waals surface area (Å²) in [5.41, 5.74) is 3.36. The average molecular weight is 419 g/mol. The Morgan fingerprint density at radius 3 is 2.43 bits per heavy atom. The number of hydrogen-bond donors (Lipinski definition) is 1. The summed E-state index contributed by atoms with van der Waals surface area (Å²) in [5.74, 6) is 0.177. The van der Waals surface area contributed by atoms with Crippen LogP contribution in [0.5, 0.6) is 0 Å². The van der Waals surface area contributed by atoms with Crippen LogP contribution in [-0.2, 0) is 17.8 Å². The van der Waals surface area contributed by atoms with E-state index in [1.54, 1.807) is 23.9 Å². The van der Waals surface area contributed by atoms with Crippen LogP contribution in [0.3, 0.4) is 0 Å². The van der Waals surface area contributed by atoms with E-state index in [-0.39, 0.29) is 11.7 Å². The van der Waals surface area contributed by atoms with Gasteiger partial charge in [0, 0.05) is 35.1 Å². The summed E-state index contributed by atoms with van der Waals surface area (Å²) in [4.78, 5) is 13.4. The fourth-order valence-corrected chi connectivity index (χ4v) is 4.35. The maximum Gasteiger partial charge on any atom is 0.230 e. The number of nitrogens with one attached hydrogen (secondary N) is 1. The van der Waals surface area contributed by atoms with Gasteiger partial charge in [-0.3, -0.25) is 4.79 Å². The molecule has 0 unspecified atom stereocenters.